The van der Waals surface area contributed by atoms with Crippen LogP contribution in [0.5, 0.6) is 0 Å². The van der Waals surface area contributed by atoms with Gasteiger partial charge in [-0.2, -0.15) is 5.26 Å². The van der Waals surface area contributed by atoms with Gasteiger partial charge in [0.15, 0.2) is 0 Å². The first-order valence-corrected chi connectivity index (χ1v) is 5.25. The van der Waals surface area contributed by atoms with Crippen LogP contribution in [-0.4, -0.2) is 19.1 Å². The van der Waals surface area contributed by atoms with Crippen molar-refractivity contribution in [3.05, 3.63) is 35.9 Å². The summed E-state index contributed by atoms with van der Waals surface area (Å²) in [6.45, 7) is 0.663. The van der Waals surface area contributed by atoms with Crippen molar-refractivity contribution in [1.29, 1.82) is 5.26 Å². The molecule has 0 atom stereocenters. The van der Waals surface area contributed by atoms with E-state index in [-0.39, 0.29) is 12.6 Å². The lowest BCUT2D eigenvalue weighted by atomic mass is 10.1. The number of hydrogen-bond donors (Lipinski definition) is 2. The molecule has 0 aliphatic carbocycles. The summed E-state index contributed by atoms with van der Waals surface area (Å²) >= 11 is 0. The minimum absolute atomic E-state index is 0.0461. The smallest absolute Gasteiger partial charge is 0.315 e. The number of carbonyl (C=O) groups is 1. The average Bonchev–Trinajstić information content (AvgIpc) is 2.33. The van der Waals surface area contributed by atoms with E-state index in [2.05, 4.69) is 22.8 Å². The van der Waals surface area contributed by atoms with Gasteiger partial charge in [-0.1, -0.05) is 30.3 Å². The molecule has 4 nitrogen and oxygen atoms in total. The Morgan fingerprint density at radius 2 is 2.00 bits per heavy atom. The number of rotatable bonds is 5. The average molecular weight is 217 g/mol. The van der Waals surface area contributed by atoms with Crippen molar-refractivity contribution in [2.24, 2.45) is 0 Å². The molecule has 4 heteroatoms. The Labute approximate surface area is 95.3 Å². The molecule has 16 heavy (non-hydrogen) atoms. The van der Waals surface area contributed by atoms with Crippen molar-refractivity contribution >= 4 is 6.03 Å². The number of aryl methyl sites for hydroxylation is 1. The minimum Gasteiger partial charge on any atom is -0.338 e. The standard InChI is InChI=1S/C12H15N3O/c13-8-10-15-12(16)14-9-4-7-11-5-2-1-3-6-11/h1-3,5-6H,4,7,9-10H2,(H2,14,15,16). The van der Waals surface area contributed by atoms with Crippen LogP contribution >= 0.6 is 0 Å². The van der Waals surface area contributed by atoms with E-state index in [1.807, 2.05) is 24.3 Å². The van der Waals surface area contributed by atoms with Gasteiger partial charge in [0.1, 0.15) is 6.54 Å². The molecule has 0 spiro atoms. The van der Waals surface area contributed by atoms with Gasteiger partial charge < -0.3 is 10.6 Å². The van der Waals surface area contributed by atoms with Crippen molar-refractivity contribution in [2.45, 2.75) is 12.8 Å². The van der Waals surface area contributed by atoms with Gasteiger partial charge in [-0.15, -0.1) is 0 Å². The van der Waals surface area contributed by atoms with Gasteiger partial charge in [-0.05, 0) is 18.4 Å². The van der Waals surface area contributed by atoms with Gasteiger partial charge >= 0.3 is 6.03 Å². The van der Waals surface area contributed by atoms with Crippen molar-refractivity contribution in [2.75, 3.05) is 13.1 Å². The molecule has 84 valence electrons. The summed E-state index contributed by atoms with van der Waals surface area (Å²) in [6, 6.07) is 11.7. The Kier molecular flexibility index (Phi) is 5.49. The maximum absolute atomic E-state index is 11.0. The highest BCUT2D eigenvalue weighted by Gasteiger charge is 1.97. The van der Waals surface area contributed by atoms with Gasteiger partial charge in [-0.3, -0.25) is 0 Å². The maximum Gasteiger partial charge on any atom is 0.315 e. The first kappa shape index (κ1) is 12.1. The van der Waals surface area contributed by atoms with Crippen LogP contribution in [-0.2, 0) is 6.42 Å². The van der Waals surface area contributed by atoms with Crippen molar-refractivity contribution in [3.63, 3.8) is 0 Å². The highest BCUT2D eigenvalue weighted by Crippen LogP contribution is 2.01. The molecule has 2 amide bonds. The zero-order chi connectivity index (χ0) is 11.6. The van der Waals surface area contributed by atoms with Crippen LogP contribution in [0, 0.1) is 11.3 Å². The van der Waals surface area contributed by atoms with Crippen LogP contribution in [0.1, 0.15) is 12.0 Å². The number of urea groups is 1. The number of nitrogens with one attached hydrogen (secondary N) is 2. The summed E-state index contributed by atoms with van der Waals surface area (Å²) in [5, 5.41) is 13.3. The monoisotopic (exact) mass is 217 g/mol. The summed E-state index contributed by atoms with van der Waals surface area (Å²) in [4.78, 5) is 11.0. The number of nitrogens with zero attached hydrogens (tertiary/aromatic N) is 1. The van der Waals surface area contributed by atoms with Crippen LogP contribution in [0.3, 0.4) is 0 Å². The van der Waals surface area contributed by atoms with Gasteiger partial charge in [0.25, 0.3) is 0 Å². The van der Waals surface area contributed by atoms with Crippen LogP contribution in [0.4, 0.5) is 4.79 Å². The molecule has 0 radical (unpaired) electrons. The fraction of sp³-hybridized carbons (Fsp3) is 0.333. The fourth-order valence-corrected chi connectivity index (χ4v) is 1.32. The van der Waals surface area contributed by atoms with Crippen molar-refractivity contribution in [1.82, 2.24) is 10.6 Å². The third kappa shape index (κ3) is 5.01. The number of benzene rings is 1. The lowest BCUT2D eigenvalue weighted by molar-refractivity contribution is 0.242. The second kappa shape index (κ2) is 7.30. The Hall–Kier alpha value is -2.02. The molecular formula is C12H15N3O. The zero-order valence-corrected chi connectivity index (χ0v) is 9.07. The first-order valence-electron chi connectivity index (χ1n) is 5.25. The molecule has 0 fully saturated rings. The number of nitriles is 1. The van der Waals surface area contributed by atoms with Crippen LogP contribution < -0.4 is 10.6 Å². The van der Waals surface area contributed by atoms with Crippen LogP contribution in [0.25, 0.3) is 0 Å². The highest BCUT2D eigenvalue weighted by molar-refractivity contribution is 5.73. The predicted molar refractivity (Wildman–Crippen MR) is 61.8 cm³/mol. The Bertz CT molecular complexity index is 356. The lowest BCUT2D eigenvalue weighted by Crippen LogP contribution is -2.36. The molecule has 2 N–H and O–H groups in total. The van der Waals surface area contributed by atoms with E-state index in [0.29, 0.717) is 6.54 Å². The molecule has 0 aromatic heterocycles. The van der Waals surface area contributed by atoms with E-state index in [0.717, 1.165) is 12.8 Å². The lowest BCUT2D eigenvalue weighted by Gasteiger charge is -2.04. The molecule has 0 aliphatic rings. The molecule has 1 aromatic rings. The van der Waals surface area contributed by atoms with Crippen molar-refractivity contribution in [3.8, 4) is 6.07 Å². The Morgan fingerprint density at radius 1 is 1.25 bits per heavy atom. The Balaban J connectivity index is 2.08. The second-order valence-corrected chi connectivity index (χ2v) is 3.36. The summed E-state index contributed by atoms with van der Waals surface area (Å²) in [5.74, 6) is 0. The minimum atomic E-state index is -0.283. The van der Waals surface area contributed by atoms with Crippen LogP contribution in [0.2, 0.25) is 0 Å². The fourth-order valence-electron chi connectivity index (χ4n) is 1.32. The summed E-state index contributed by atoms with van der Waals surface area (Å²) < 4.78 is 0. The maximum atomic E-state index is 11.0. The van der Waals surface area contributed by atoms with Gasteiger partial charge in [0.2, 0.25) is 0 Å². The van der Waals surface area contributed by atoms with Gasteiger partial charge in [-0.25, -0.2) is 4.79 Å². The van der Waals surface area contributed by atoms with Crippen LogP contribution in [0.15, 0.2) is 30.3 Å². The van der Waals surface area contributed by atoms with E-state index >= 15 is 0 Å². The largest absolute Gasteiger partial charge is 0.338 e. The molecular weight excluding hydrogens is 202 g/mol. The molecule has 0 aliphatic heterocycles. The van der Waals surface area contributed by atoms with E-state index in [4.69, 9.17) is 5.26 Å². The third-order valence-corrected chi connectivity index (χ3v) is 2.10. The zero-order valence-electron chi connectivity index (χ0n) is 9.07. The first-order chi connectivity index (χ1) is 7.83. The molecule has 0 bridgehead atoms. The van der Waals surface area contributed by atoms with E-state index in [9.17, 15) is 4.79 Å². The normalized spacial score (nSPS) is 9.19. The predicted octanol–water partition coefficient (Wildman–Crippen LogP) is 1.44. The molecule has 0 saturated carbocycles. The molecule has 0 heterocycles. The summed E-state index contributed by atoms with van der Waals surface area (Å²) in [6.07, 6.45) is 1.84. The summed E-state index contributed by atoms with van der Waals surface area (Å²) in [5.41, 5.74) is 1.27. The second-order valence-electron chi connectivity index (χ2n) is 3.36. The third-order valence-electron chi connectivity index (χ3n) is 2.10. The molecule has 0 saturated heterocycles. The van der Waals surface area contributed by atoms with Gasteiger partial charge in [0, 0.05) is 6.54 Å². The Morgan fingerprint density at radius 3 is 2.69 bits per heavy atom. The van der Waals surface area contributed by atoms with E-state index in [1.54, 1.807) is 0 Å². The molecule has 1 aromatic carbocycles. The highest BCUT2D eigenvalue weighted by atomic mass is 16.2. The SMILES string of the molecule is N#CCNC(=O)NCCCc1ccccc1. The number of carbonyl (C=O) groups excluding carboxylic acids is 1. The van der Waals surface area contributed by atoms with Gasteiger partial charge in [0.05, 0.1) is 6.07 Å². The molecule has 0 unspecified atom stereocenters. The quantitative estimate of drug-likeness (QED) is 0.579. The summed E-state index contributed by atoms with van der Waals surface area (Å²) in [7, 11) is 0. The van der Waals surface area contributed by atoms with Crippen molar-refractivity contribution < 1.29 is 4.79 Å². The number of hydrogen-bond acceptors (Lipinski definition) is 2. The van der Waals surface area contributed by atoms with E-state index < -0.39 is 0 Å². The molecule has 1 rings (SSSR count). The number of amides is 2. The topological polar surface area (TPSA) is 64.9 Å². The van der Waals surface area contributed by atoms with E-state index in [1.165, 1.54) is 5.56 Å².